The van der Waals surface area contributed by atoms with Crippen LogP contribution >= 0.6 is 12.4 Å². The number of amides is 1. The minimum atomic E-state index is -0.725. The van der Waals surface area contributed by atoms with E-state index in [1.54, 1.807) is 0 Å². The first kappa shape index (κ1) is 19.6. The monoisotopic (exact) mass is 348 g/mol. The third-order valence-electron chi connectivity index (χ3n) is 4.40. The van der Waals surface area contributed by atoms with Gasteiger partial charge in [-0.25, -0.2) is 8.78 Å². The average molecular weight is 349 g/mol. The van der Waals surface area contributed by atoms with Crippen LogP contribution in [0, 0.1) is 17.0 Å². The van der Waals surface area contributed by atoms with Crippen LogP contribution in [0.5, 0.6) is 5.75 Å². The van der Waals surface area contributed by atoms with Crippen molar-refractivity contribution >= 4 is 24.0 Å². The van der Waals surface area contributed by atoms with Gasteiger partial charge in [0.15, 0.2) is 17.4 Å². The second-order valence-electron chi connectivity index (χ2n) is 5.96. The summed E-state index contributed by atoms with van der Waals surface area (Å²) in [6, 6.07) is 1.85. The van der Waals surface area contributed by atoms with E-state index in [4.69, 9.17) is 10.5 Å². The van der Waals surface area contributed by atoms with E-state index < -0.39 is 11.6 Å². The number of carbonyl (C=O) groups is 1. The first-order chi connectivity index (χ1) is 10.5. The summed E-state index contributed by atoms with van der Waals surface area (Å²) in [4.78, 5) is 12.2. The Kier molecular flexibility index (Phi) is 7.22. The molecule has 130 valence electrons. The molecule has 0 heterocycles. The Morgan fingerprint density at radius 2 is 1.91 bits per heavy atom. The summed E-state index contributed by atoms with van der Waals surface area (Å²) < 4.78 is 32.2. The van der Waals surface area contributed by atoms with Gasteiger partial charge in [0.05, 0.1) is 12.8 Å². The molecule has 0 aliphatic heterocycles. The minimum absolute atomic E-state index is 0. The maximum absolute atomic E-state index is 13.8. The van der Waals surface area contributed by atoms with Gasteiger partial charge in [0.25, 0.3) is 0 Å². The van der Waals surface area contributed by atoms with Gasteiger partial charge >= 0.3 is 0 Å². The maximum Gasteiger partial charge on any atom is 0.225 e. The number of benzene rings is 1. The summed E-state index contributed by atoms with van der Waals surface area (Å²) in [5.41, 5.74) is 5.45. The van der Waals surface area contributed by atoms with Crippen molar-refractivity contribution in [2.24, 2.45) is 11.1 Å². The summed E-state index contributed by atoms with van der Waals surface area (Å²) >= 11 is 0. The minimum Gasteiger partial charge on any atom is -0.494 e. The Morgan fingerprint density at radius 1 is 1.26 bits per heavy atom. The highest BCUT2D eigenvalue weighted by Crippen LogP contribution is 2.38. The van der Waals surface area contributed by atoms with Crippen LogP contribution < -0.4 is 15.8 Å². The quantitative estimate of drug-likeness (QED) is 0.854. The van der Waals surface area contributed by atoms with E-state index in [0.29, 0.717) is 6.54 Å². The molecule has 1 aliphatic carbocycles. The molecule has 1 saturated carbocycles. The molecule has 0 unspecified atom stereocenters. The van der Waals surface area contributed by atoms with Crippen molar-refractivity contribution < 1.29 is 18.3 Å². The van der Waals surface area contributed by atoms with E-state index in [1.807, 2.05) is 0 Å². The third kappa shape index (κ3) is 4.78. The number of carbonyl (C=O) groups excluding carboxylic acids is 1. The maximum atomic E-state index is 13.8. The molecule has 0 spiro atoms. The van der Waals surface area contributed by atoms with Gasteiger partial charge in [-0.05, 0) is 24.8 Å². The van der Waals surface area contributed by atoms with E-state index in [9.17, 15) is 13.6 Å². The van der Waals surface area contributed by atoms with Crippen molar-refractivity contribution in [2.75, 3.05) is 19.0 Å². The van der Waals surface area contributed by atoms with Crippen molar-refractivity contribution in [1.29, 1.82) is 0 Å². The second kappa shape index (κ2) is 8.45. The predicted octanol–water partition coefficient (Wildman–Crippen LogP) is 3.63. The summed E-state index contributed by atoms with van der Waals surface area (Å²) in [5, 5.41) is 2.44. The molecule has 4 nitrogen and oxygen atoms in total. The molecule has 0 aromatic heterocycles. The molecule has 1 aliphatic rings. The summed E-state index contributed by atoms with van der Waals surface area (Å²) in [5.74, 6) is -1.97. The van der Waals surface area contributed by atoms with Gasteiger partial charge in [-0.2, -0.15) is 0 Å². The lowest BCUT2D eigenvalue weighted by Gasteiger charge is -2.35. The first-order valence-electron chi connectivity index (χ1n) is 7.53. The molecule has 23 heavy (non-hydrogen) atoms. The van der Waals surface area contributed by atoms with Crippen LogP contribution in [0.15, 0.2) is 12.1 Å². The largest absolute Gasteiger partial charge is 0.494 e. The van der Waals surface area contributed by atoms with Crippen LogP contribution in [-0.4, -0.2) is 19.6 Å². The third-order valence-corrected chi connectivity index (χ3v) is 4.40. The molecular formula is C16H23ClF2N2O2. The zero-order valence-electron chi connectivity index (χ0n) is 13.2. The van der Waals surface area contributed by atoms with Crippen molar-refractivity contribution in [3.05, 3.63) is 23.8 Å². The first-order valence-corrected chi connectivity index (χ1v) is 7.53. The zero-order valence-corrected chi connectivity index (χ0v) is 14.0. The highest BCUT2D eigenvalue weighted by atomic mass is 35.5. The number of rotatable bonds is 5. The van der Waals surface area contributed by atoms with Crippen LogP contribution in [0.1, 0.15) is 38.5 Å². The summed E-state index contributed by atoms with van der Waals surface area (Å²) in [6.45, 7) is 0.430. The predicted molar refractivity (Wildman–Crippen MR) is 88.0 cm³/mol. The highest BCUT2D eigenvalue weighted by Gasteiger charge is 2.33. The molecule has 3 N–H and O–H groups in total. The fraction of sp³-hybridized carbons (Fsp3) is 0.562. The number of ether oxygens (including phenoxy) is 1. The lowest BCUT2D eigenvalue weighted by atomic mass is 9.71. The van der Waals surface area contributed by atoms with Gasteiger partial charge in [0.1, 0.15) is 0 Å². The van der Waals surface area contributed by atoms with Crippen LogP contribution in [-0.2, 0) is 4.79 Å². The van der Waals surface area contributed by atoms with Crippen molar-refractivity contribution in [3.63, 3.8) is 0 Å². The van der Waals surface area contributed by atoms with Gasteiger partial charge in [-0.1, -0.05) is 19.3 Å². The Hall–Kier alpha value is -1.40. The molecule has 0 radical (unpaired) electrons. The zero-order chi connectivity index (χ0) is 16.2. The number of hydrogen-bond donors (Lipinski definition) is 2. The number of nitrogens with one attached hydrogen (secondary N) is 1. The lowest BCUT2D eigenvalue weighted by molar-refractivity contribution is -0.118. The van der Waals surface area contributed by atoms with Gasteiger partial charge < -0.3 is 15.8 Å². The molecule has 0 saturated heterocycles. The van der Waals surface area contributed by atoms with Gasteiger partial charge in [0.2, 0.25) is 5.91 Å². The fourth-order valence-corrected chi connectivity index (χ4v) is 3.07. The van der Waals surface area contributed by atoms with Crippen LogP contribution in [0.2, 0.25) is 0 Å². The molecule has 1 amide bonds. The number of nitrogens with two attached hydrogens (primary N) is 1. The van der Waals surface area contributed by atoms with E-state index >= 15 is 0 Å². The fourth-order valence-electron chi connectivity index (χ4n) is 3.07. The SMILES string of the molecule is COc1cc(F)c(NC(=O)CC2(CN)CCCCC2)cc1F.Cl. The Balaban J connectivity index is 0.00000264. The standard InChI is InChI=1S/C16H22F2N2O2.ClH/c1-22-14-8-11(17)13(7-12(14)18)20-15(21)9-16(10-19)5-3-2-4-6-16;/h7-8H,2-6,9-10,19H2,1H3,(H,20,21);1H. The second-order valence-corrected chi connectivity index (χ2v) is 5.96. The van der Waals surface area contributed by atoms with Gasteiger partial charge in [-0.3, -0.25) is 4.79 Å². The molecule has 0 atom stereocenters. The molecule has 1 aromatic carbocycles. The summed E-state index contributed by atoms with van der Waals surface area (Å²) in [6.07, 6.45) is 5.29. The molecule has 1 fully saturated rings. The van der Waals surface area contributed by atoms with E-state index in [0.717, 1.165) is 44.2 Å². The van der Waals surface area contributed by atoms with Crippen LogP contribution in [0.25, 0.3) is 0 Å². The average Bonchev–Trinajstić information content (AvgIpc) is 2.51. The lowest BCUT2D eigenvalue weighted by Crippen LogP contribution is -2.36. The van der Waals surface area contributed by atoms with E-state index in [1.165, 1.54) is 7.11 Å². The van der Waals surface area contributed by atoms with Crippen molar-refractivity contribution in [3.8, 4) is 5.75 Å². The van der Waals surface area contributed by atoms with Crippen LogP contribution in [0.4, 0.5) is 14.5 Å². The van der Waals surface area contributed by atoms with Gasteiger partial charge in [0, 0.05) is 18.6 Å². The van der Waals surface area contributed by atoms with Crippen molar-refractivity contribution in [2.45, 2.75) is 38.5 Å². The number of halogens is 3. The summed E-state index contributed by atoms with van der Waals surface area (Å²) in [7, 11) is 1.25. The molecule has 2 rings (SSSR count). The Morgan fingerprint density at radius 3 is 2.48 bits per heavy atom. The molecule has 1 aromatic rings. The van der Waals surface area contributed by atoms with Crippen LogP contribution in [0.3, 0.4) is 0 Å². The Bertz CT molecular complexity index is 549. The highest BCUT2D eigenvalue weighted by molar-refractivity contribution is 5.91. The van der Waals surface area contributed by atoms with Gasteiger partial charge in [-0.15, -0.1) is 12.4 Å². The topological polar surface area (TPSA) is 64.3 Å². The number of methoxy groups -OCH3 is 1. The van der Waals surface area contributed by atoms with E-state index in [2.05, 4.69) is 5.32 Å². The Labute approximate surface area is 141 Å². The smallest absolute Gasteiger partial charge is 0.225 e. The normalized spacial score (nSPS) is 16.3. The van der Waals surface area contributed by atoms with Crippen molar-refractivity contribution in [1.82, 2.24) is 0 Å². The molecular weight excluding hydrogens is 326 g/mol. The number of anilines is 1. The molecule has 0 bridgehead atoms. The number of hydrogen-bond acceptors (Lipinski definition) is 3. The molecule has 7 heteroatoms. The van der Waals surface area contributed by atoms with E-state index in [-0.39, 0.29) is 41.6 Å².